The third kappa shape index (κ3) is 2.24. The van der Waals surface area contributed by atoms with Crippen molar-refractivity contribution in [2.75, 3.05) is 0 Å². The molecule has 0 unspecified atom stereocenters. The Bertz CT molecular complexity index is 640. The summed E-state index contributed by atoms with van der Waals surface area (Å²) in [5, 5.41) is 13.3. The number of nitriles is 1. The van der Waals surface area contributed by atoms with E-state index in [4.69, 9.17) is 10.00 Å². The molecule has 0 fully saturated rings. The molecule has 0 saturated heterocycles. The number of rotatable bonds is 2. The second kappa shape index (κ2) is 4.83. The van der Waals surface area contributed by atoms with Crippen molar-refractivity contribution < 1.29 is 4.74 Å². The zero-order chi connectivity index (χ0) is 13.3. The van der Waals surface area contributed by atoms with Crippen molar-refractivity contribution in [3.8, 4) is 17.7 Å². The summed E-state index contributed by atoms with van der Waals surface area (Å²) in [6, 6.07) is 7.85. The summed E-state index contributed by atoms with van der Waals surface area (Å²) in [4.78, 5) is 0. The molecule has 0 atom stereocenters. The second-order valence-corrected chi connectivity index (χ2v) is 4.93. The fourth-order valence-corrected chi connectivity index (χ4v) is 2.19. The fourth-order valence-electron chi connectivity index (χ4n) is 1.71. The normalized spacial score (nSPS) is 10.2. The molecule has 1 heterocycles. The first-order chi connectivity index (χ1) is 8.52. The van der Waals surface area contributed by atoms with Crippen LogP contribution in [0.4, 0.5) is 0 Å². The first-order valence-corrected chi connectivity index (χ1v) is 6.20. The van der Waals surface area contributed by atoms with Crippen LogP contribution in [0, 0.1) is 25.2 Å². The van der Waals surface area contributed by atoms with Crippen LogP contribution < -0.4 is 4.74 Å². The molecule has 92 valence electrons. The Morgan fingerprint density at radius 1 is 1.39 bits per heavy atom. The zero-order valence-corrected chi connectivity index (χ0v) is 11.9. The van der Waals surface area contributed by atoms with E-state index in [0.29, 0.717) is 17.1 Å². The van der Waals surface area contributed by atoms with Crippen LogP contribution in [-0.4, -0.2) is 9.78 Å². The molecule has 0 aliphatic heterocycles. The lowest BCUT2D eigenvalue weighted by Gasteiger charge is -2.09. The monoisotopic (exact) mass is 305 g/mol. The zero-order valence-electron chi connectivity index (χ0n) is 10.4. The highest BCUT2D eigenvalue weighted by molar-refractivity contribution is 9.10. The Hall–Kier alpha value is -1.80. The van der Waals surface area contributed by atoms with E-state index < -0.39 is 0 Å². The van der Waals surface area contributed by atoms with Crippen molar-refractivity contribution in [3.05, 3.63) is 39.5 Å². The summed E-state index contributed by atoms with van der Waals surface area (Å²) in [7, 11) is 1.76. The Labute approximate surface area is 114 Å². The molecule has 0 radical (unpaired) electrons. The van der Waals surface area contributed by atoms with E-state index in [1.165, 1.54) is 0 Å². The maximum absolute atomic E-state index is 9.11. The molecule has 4 nitrogen and oxygen atoms in total. The lowest BCUT2D eigenvalue weighted by atomic mass is 10.2. The van der Waals surface area contributed by atoms with Gasteiger partial charge in [-0.2, -0.15) is 10.4 Å². The molecule has 0 amide bonds. The van der Waals surface area contributed by atoms with Gasteiger partial charge in [0.2, 0.25) is 5.88 Å². The molecule has 0 saturated carbocycles. The van der Waals surface area contributed by atoms with Gasteiger partial charge in [0, 0.05) is 11.5 Å². The van der Waals surface area contributed by atoms with Crippen LogP contribution >= 0.6 is 15.9 Å². The van der Waals surface area contributed by atoms with E-state index in [9.17, 15) is 0 Å². The van der Waals surface area contributed by atoms with Crippen molar-refractivity contribution in [2.24, 2.45) is 7.05 Å². The fraction of sp³-hybridized carbons (Fsp3) is 0.231. The minimum Gasteiger partial charge on any atom is -0.438 e. The van der Waals surface area contributed by atoms with Gasteiger partial charge >= 0.3 is 0 Å². The van der Waals surface area contributed by atoms with Crippen molar-refractivity contribution >= 4 is 15.9 Å². The van der Waals surface area contributed by atoms with Gasteiger partial charge in [-0.25, -0.2) is 4.68 Å². The van der Waals surface area contributed by atoms with Crippen LogP contribution in [0.3, 0.4) is 0 Å². The van der Waals surface area contributed by atoms with Gasteiger partial charge in [0.25, 0.3) is 0 Å². The third-order valence-corrected chi connectivity index (χ3v) is 3.12. The quantitative estimate of drug-likeness (QED) is 0.853. The number of nitrogens with zero attached hydrogens (tertiary/aromatic N) is 3. The topological polar surface area (TPSA) is 50.8 Å². The predicted molar refractivity (Wildman–Crippen MR) is 71.6 cm³/mol. The lowest BCUT2D eigenvalue weighted by Crippen LogP contribution is -1.97. The van der Waals surface area contributed by atoms with E-state index in [0.717, 1.165) is 15.8 Å². The summed E-state index contributed by atoms with van der Waals surface area (Å²) in [5.41, 5.74) is 2.14. The highest BCUT2D eigenvalue weighted by Crippen LogP contribution is 2.30. The molecule has 0 N–H and O–H groups in total. The standard InChI is InChI=1S/C13H12BrN3O/c1-8-6-10(14)4-5-12(8)18-13-11(7-15)9(2)16-17(13)3/h4-6H,1-3H3. The predicted octanol–water partition coefficient (Wildman–Crippen LogP) is 3.46. The number of halogens is 1. The Morgan fingerprint density at radius 2 is 2.11 bits per heavy atom. The van der Waals surface area contributed by atoms with E-state index >= 15 is 0 Å². The Balaban J connectivity index is 2.43. The molecule has 0 spiro atoms. The van der Waals surface area contributed by atoms with E-state index in [1.807, 2.05) is 25.1 Å². The average Bonchev–Trinajstić information content (AvgIpc) is 2.57. The summed E-state index contributed by atoms with van der Waals surface area (Å²) in [5.74, 6) is 1.19. The number of ether oxygens (including phenoxy) is 1. The van der Waals surface area contributed by atoms with Gasteiger partial charge in [0.15, 0.2) is 0 Å². The van der Waals surface area contributed by atoms with Crippen LogP contribution in [0.25, 0.3) is 0 Å². The third-order valence-electron chi connectivity index (χ3n) is 2.62. The van der Waals surface area contributed by atoms with E-state index in [1.54, 1.807) is 18.7 Å². The minimum atomic E-state index is 0.472. The average molecular weight is 306 g/mol. The smallest absolute Gasteiger partial charge is 0.235 e. The molecule has 0 aliphatic carbocycles. The molecule has 2 aromatic rings. The van der Waals surface area contributed by atoms with Gasteiger partial charge in [-0.15, -0.1) is 0 Å². The van der Waals surface area contributed by atoms with Gasteiger partial charge in [0.05, 0.1) is 5.69 Å². The maximum atomic E-state index is 9.11. The summed E-state index contributed by atoms with van der Waals surface area (Å²) < 4.78 is 8.37. The molecule has 0 bridgehead atoms. The lowest BCUT2D eigenvalue weighted by molar-refractivity contribution is 0.426. The summed E-state index contributed by atoms with van der Waals surface area (Å²) >= 11 is 3.40. The number of hydrogen-bond acceptors (Lipinski definition) is 3. The number of aryl methyl sites for hydroxylation is 3. The number of hydrogen-bond donors (Lipinski definition) is 0. The molecule has 18 heavy (non-hydrogen) atoms. The van der Waals surface area contributed by atoms with Gasteiger partial charge in [0.1, 0.15) is 17.4 Å². The van der Waals surface area contributed by atoms with Crippen LogP contribution in [0.5, 0.6) is 11.6 Å². The van der Waals surface area contributed by atoms with E-state index in [2.05, 4.69) is 27.1 Å². The van der Waals surface area contributed by atoms with Crippen LogP contribution in [0.2, 0.25) is 0 Å². The van der Waals surface area contributed by atoms with Crippen molar-refractivity contribution in [1.29, 1.82) is 5.26 Å². The minimum absolute atomic E-state index is 0.472. The maximum Gasteiger partial charge on any atom is 0.235 e. The largest absolute Gasteiger partial charge is 0.438 e. The second-order valence-electron chi connectivity index (χ2n) is 4.01. The van der Waals surface area contributed by atoms with Crippen molar-refractivity contribution in [1.82, 2.24) is 9.78 Å². The molecule has 0 aliphatic rings. The van der Waals surface area contributed by atoms with Gasteiger partial charge in [-0.05, 0) is 37.6 Å². The Kier molecular flexibility index (Phi) is 3.39. The summed E-state index contributed by atoms with van der Waals surface area (Å²) in [6.07, 6.45) is 0. The Morgan fingerprint density at radius 3 is 2.72 bits per heavy atom. The van der Waals surface area contributed by atoms with Crippen LogP contribution in [-0.2, 0) is 7.05 Å². The van der Waals surface area contributed by atoms with Gasteiger partial charge in [-0.3, -0.25) is 0 Å². The molecular weight excluding hydrogens is 294 g/mol. The van der Waals surface area contributed by atoms with Crippen LogP contribution in [0.15, 0.2) is 22.7 Å². The highest BCUT2D eigenvalue weighted by Gasteiger charge is 2.15. The summed E-state index contributed by atoms with van der Waals surface area (Å²) in [6.45, 7) is 3.75. The molecule has 5 heteroatoms. The highest BCUT2D eigenvalue weighted by atomic mass is 79.9. The number of benzene rings is 1. The van der Waals surface area contributed by atoms with Gasteiger partial charge in [-0.1, -0.05) is 15.9 Å². The van der Waals surface area contributed by atoms with Gasteiger partial charge < -0.3 is 4.74 Å². The SMILES string of the molecule is Cc1cc(Br)ccc1Oc1c(C#N)c(C)nn1C. The molecule has 2 rings (SSSR count). The van der Waals surface area contributed by atoms with E-state index in [-0.39, 0.29) is 0 Å². The molecular formula is C13H12BrN3O. The van der Waals surface area contributed by atoms with Crippen molar-refractivity contribution in [3.63, 3.8) is 0 Å². The van der Waals surface area contributed by atoms with Crippen LogP contribution in [0.1, 0.15) is 16.8 Å². The molecule has 1 aromatic carbocycles. The molecule has 1 aromatic heterocycles. The first kappa shape index (κ1) is 12.7. The first-order valence-electron chi connectivity index (χ1n) is 5.40. The number of aromatic nitrogens is 2. The van der Waals surface area contributed by atoms with Crippen molar-refractivity contribution in [2.45, 2.75) is 13.8 Å².